The number of benzene rings is 1. The summed E-state index contributed by atoms with van der Waals surface area (Å²) in [5.74, 6) is 0.488. The van der Waals surface area contributed by atoms with Crippen molar-refractivity contribution in [3.8, 4) is 5.88 Å². The molecule has 3 fully saturated rings. The molecule has 6 rings (SSSR count). The van der Waals surface area contributed by atoms with Crippen molar-refractivity contribution in [1.82, 2.24) is 25.3 Å². The van der Waals surface area contributed by atoms with Gasteiger partial charge in [0.15, 0.2) is 5.13 Å². The van der Waals surface area contributed by atoms with Gasteiger partial charge in [0.05, 0.1) is 0 Å². The molecule has 1 aromatic carbocycles. The van der Waals surface area contributed by atoms with Crippen LogP contribution in [0, 0.1) is 0 Å². The van der Waals surface area contributed by atoms with E-state index < -0.39 is 6.04 Å². The van der Waals surface area contributed by atoms with Crippen molar-refractivity contribution in [2.24, 2.45) is 0 Å². The maximum absolute atomic E-state index is 13.5. The fourth-order valence-electron chi connectivity index (χ4n) is 4.83. The number of fused-ring (bicyclic) bond motifs is 1. The third kappa shape index (κ3) is 6.61. The Bertz CT molecular complexity index is 1200. The quantitative estimate of drug-likeness (QED) is 0.364. The standard InChI is InChI=1S/C27H34N6O2S2/c34-25(24(31-33-15-3-4-16-33)19-5-7-20(8-6-19)36-21-9-10-21)30-27-28-22-11-12-23(29-26(22)37-27)35-18-17-32-13-1-2-14-32/h5-8,11-12,21,24,31H,1-4,9-10,13-18H2,(H,28,30,34). The molecule has 8 nitrogen and oxygen atoms in total. The number of anilines is 1. The summed E-state index contributed by atoms with van der Waals surface area (Å²) in [4.78, 5) is 27.2. The van der Waals surface area contributed by atoms with E-state index in [9.17, 15) is 4.79 Å². The number of hydrazine groups is 1. The number of amides is 1. The highest BCUT2D eigenvalue weighted by Crippen LogP contribution is 2.39. The molecule has 0 bridgehead atoms. The molecule has 2 saturated heterocycles. The van der Waals surface area contributed by atoms with Gasteiger partial charge in [0, 0.05) is 35.8 Å². The Morgan fingerprint density at radius 3 is 2.54 bits per heavy atom. The average Bonchev–Trinajstić information content (AvgIpc) is 3.29. The highest BCUT2D eigenvalue weighted by Gasteiger charge is 2.27. The second-order valence-electron chi connectivity index (χ2n) is 10.0. The van der Waals surface area contributed by atoms with Crippen LogP contribution in [0.5, 0.6) is 5.88 Å². The fourth-order valence-corrected chi connectivity index (χ4v) is 6.71. The molecule has 1 saturated carbocycles. The van der Waals surface area contributed by atoms with Crippen LogP contribution in [0.25, 0.3) is 10.3 Å². The minimum Gasteiger partial charge on any atom is -0.476 e. The molecule has 1 amide bonds. The van der Waals surface area contributed by atoms with Gasteiger partial charge in [-0.05, 0) is 75.4 Å². The zero-order valence-electron chi connectivity index (χ0n) is 21.0. The lowest BCUT2D eigenvalue weighted by Crippen LogP contribution is -2.43. The Balaban J connectivity index is 1.12. The SMILES string of the molecule is O=C(Nc1nc2ccc(OCCN3CCCC3)nc2s1)C(NN1CCCC1)c1ccc(SC2CC2)cc1. The van der Waals surface area contributed by atoms with E-state index in [4.69, 9.17) is 4.74 Å². The lowest BCUT2D eigenvalue weighted by atomic mass is 10.1. The number of nitrogens with one attached hydrogen (secondary N) is 2. The van der Waals surface area contributed by atoms with Crippen LogP contribution >= 0.6 is 23.1 Å². The second-order valence-corrected chi connectivity index (χ2v) is 12.4. The molecule has 2 aromatic heterocycles. The smallest absolute Gasteiger partial charge is 0.249 e. The van der Waals surface area contributed by atoms with E-state index in [1.165, 1.54) is 41.9 Å². The summed E-state index contributed by atoms with van der Waals surface area (Å²) < 4.78 is 5.90. The summed E-state index contributed by atoms with van der Waals surface area (Å²) in [5, 5.41) is 6.51. The highest BCUT2D eigenvalue weighted by molar-refractivity contribution is 8.00. The van der Waals surface area contributed by atoms with Gasteiger partial charge >= 0.3 is 0 Å². The van der Waals surface area contributed by atoms with Crippen LogP contribution in [0.3, 0.4) is 0 Å². The Kier molecular flexibility index (Phi) is 7.89. The number of hydrogen-bond donors (Lipinski definition) is 2. The summed E-state index contributed by atoms with van der Waals surface area (Å²) in [6.45, 7) is 5.77. The van der Waals surface area contributed by atoms with E-state index in [-0.39, 0.29) is 5.91 Å². The van der Waals surface area contributed by atoms with Gasteiger partial charge in [0.1, 0.15) is 23.0 Å². The number of pyridine rings is 1. The molecular formula is C27H34N6O2S2. The Morgan fingerprint density at radius 1 is 1.03 bits per heavy atom. The van der Waals surface area contributed by atoms with Crippen LogP contribution in [0.4, 0.5) is 5.13 Å². The molecule has 10 heteroatoms. The first kappa shape index (κ1) is 25.1. The van der Waals surface area contributed by atoms with E-state index in [1.807, 2.05) is 23.9 Å². The molecule has 1 atom stereocenters. The van der Waals surface area contributed by atoms with Crippen LogP contribution in [-0.2, 0) is 4.79 Å². The Hall–Kier alpha value is -2.24. The number of ether oxygens (including phenoxy) is 1. The van der Waals surface area contributed by atoms with Crippen molar-refractivity contribution in [3.63, 3.8) is 0 Å². The molecule has 3 aliphatic rings. The largest absolute Gasteiger partial charge is 0.476 e. The van der Waals surface area contributed by atoms with E-state index in [0.29, 0.717) is 17.6 Å². The molecule has 196 valence electrons. The molecule has 4 heterocycles. The Labute approximate surface area is 226 Å². The Morgan fingerprint density at radius 2 is 1.78 bits per heavy atom. The van der Waals surface area contributed by atoms with Gasteiger partial charge in [-0.3, -0.25) is 9.69 Å². The van der Waals surface area contributed by atoms with Crippen LogP contribution < -0.4 is 15.5 Å². The van der Waals surface area contributed by atoms with Gasteiger partial charge < -0.3 is 10.1 Å². The normalized spacial score (nSPS) is 19.5. The summed E-state index contributed by atoms with van der Waals surface area (Å²) in [7, 11) is 0. The highest BCUT2D eigenvalue weighted by atomic mass is 32.2. The van der Waals surface area contributed by atoms with Crippen LogP contribution in [0.2, 0.25) is 0 Å². The van der Waals surface area contributed by atoms with Crippen molar-refractivity contribution >= 4 is 44.5 Å². The van der Waals surface area contributed by atoms with E-state index in [2.05, 4.69) is 54.9 Å². The second kappa shape index (κ2) is 11.7. The number of thiazole rings is 1. The van der Waals surface area contributed by atoms with Gasteiger partial charge in [0.25, 0.3) is 0 Å². The topological polar surface area (TPSA) is 82.6 Å². The van der Waals surface area contributed by atoms with E-state index >= 15 is 0 Å². The van der Waals surface area contributed by atoms with Gasteiger partial charge in [-0.2, -0.15) is 0 Å². The number of thioether (sulfide) groups is 1. The first-order chi connectivity index (χ1) is 18.2. The van der Waals surface area contributed by atoms with Crippen LogP contribution in [0.15, 0.2) is 41.3 Å². The first-order valence-corrected chi connectivity index (χ1v) is 15.1. The molecule has 3 aromatic rings. The molecule has 37 heavy (non-hydrogen) atoms. The van der Waals surface area contributed by atoms with Gasteiger partial charge in [-0.15, -0.1) is 11.8 Å². The maximum atomic E-state index is 13.5. The molecular weight excluding hydrogens is 504 g/mol. The van der Waals surface area contributed by atoms with Gasteiger partial charge in [-0.1, -0.05) is 23.5 Å². The number of rotatable bonds is 11. The summed E-state index contributed by atoms with van der Waals surface area (Å²) in [5.41, 5.74) is 5.18. The number of hydrogen-bond acceptors (Lipinski definition) is 9. The van der Waals surface area contributed by atoms with Crippen molar-refractivity contribution in [1.29, 1.82) is 0 Å². The number of carbonyl (C=O) groups excluding carboxylic acids is 1. The maximum Gasteiger partial charge on any atom is 0.249 e. The molecule has 2 N–H and O–H groups in total. The molecule has 0 spiro atoms. The predicted octanol–water partition coefficient (Wildman–Crippen LogP) is 4.70. The molecule has 1 aliphatic carbocycles. The average molecular weight is 539 g/mol. The van der Waals surface area contributed by atoms with Gasteiger partial charge in [0.2, 0.25) is 11.8 Å². The minimum absolute atomic E-state index is 0.115. The minimum atomic E-state index is -0.484. The number of carbonyl (C=O) groups is 1. The molecule has 2 aliphatic heterocycles. The van der Waals surface area contributed by atoms with E-state index in [1.54, 1.807) is 0 Å². The summed E-state index contributed by atoms with van der Waals surface area (Å²) >= 11 is 3.31. The van der Waals surface area contributed by atoms with Crippen molar-refractivity contribution in [3.05, 3.63) is 42.0 Å². The monoisotopic (exact) mass is 538 g/mol. The molecule has 1 unspecified atom stereocenters. The summed E-state index contributed by atoms with van der Waals surface area (Å²) in [6.07, 6.45) is 7.44. The third-order valence-electron chi connectivity index (χ3n) is 7.04. The number of nitrogens with zero attached hydrogens (tertiary/aromatic N) is 4. The first-order valence-electron chi connectivity index (χ1n) is 13.4. The van der Waals surface area contributed by atoms with Gasteiger partial charge in [-0.25, -0.2) is 20.4 Å². The van der Waals surface area contributed by atoms with Crippen molar-refractivity contribution in [2.45, 2.75) is 54.7 Å². The number of likely N-dealkylation sites (tertiary alicyclic amines) is 1. The van der Waals surface area contributed by atoms with Crippen molar-refractivity contribution in [2.75, 3.05) is 44.6 Å². The summed E-state index contributed by atoms with van der Waals surface area (Å²) in [6, 6.07) is 11.7. The molecule has 0 radical (unpaired) electrons. The fraction of sp³-hybridized carbons (Fsp3) is 0.519. The van der Waals surface area contributed by atoms with E-state index in [0.717, 1.165) is 66.7 Å². The van der Waals surface area contributed by atoms with Crippen molar-refractivity contribution < 1.29 is 9.53 Å². The zero-order chi connectivity index (χ0) is 25.0. The lowest BCUT2D eigenvalue weighted by molar-refractivity contribution is -0.119. The third-order valence-corrected chi connectivity index (χ3v) is 9.27. The lowest BCUT2D eigenvalue weighted by Gasteiger charge is -2.25. The number of aromatic nitrogens is 2. The predicted molar refractivity (Wildman–Crippen MR) is 149 cm³/mol. The van der Waals surface area contributed by atoms with Crippen LogP contribution in [0.1, 0.15) is 50.1 Å². The van der Waals surface area contributed by atoms with Crippen LogP contribution in [-0.4, -0.2) is 70.4 Å². The zero-order valence-corrected chi connectivity index (χ0v) is 22.7.